The van der Waals surface area contributed by atoms with Crippen molar-refractivity contribution in [2.75, 3.05) is 11.2 Å². The summed E-state index contributed by atoms with van der Waals surface area (Å²) in [6.45, 7) is 7.90. The summed E-state index contributed by atoms with van der Waals surface area (Å²) in [6.07, 6.45) is 1.35. The van der Waals surface area contributed by atoms with E-state index in [4.69, 9.17) is 0 Å². The van der Waals surface area contributed by atoms with Crippen LogP contribution in [-0.4, -0.2) is 12.2 Å². The molecule has 0 aliphatic heterocycles. The van der Waals surface area contributed by atoms with Crippen LogP contribution in [0.25, 0.3) is 0 Å². The van der Waals surface area contributed by atoms with Gasteiger partial charge in [0.2, 0.25) is 0 Å². The molecule has 0 aliphatic carbocycles. The SMILES string of the molecule is C=CC(=O)N(CP(=O)(c1ccccc1)c1ccccc1)c1ccc(C(C)C)cc1. The third-order valence-electron chi connectivity index (χ3n) is 5.00. The van der Waals surface area contributed by atoms with E-state index in [9.17, 15) is 9.36 Å². The van der Waals surface area contributed by atoms with E-state index in [-0.39, 0.29) is 12.2 Å². The summed E-state index contributed by atoms with van der Waals surface area (Å²) in [5, 5.41) is 1.46. The van der Waals surface area contributed by atoms with E-state index in [1.165, 1.54) is 11.6 Å². The molecule has 0 atom stereocenters. The zero-order chi connectivity index (χ0) is 20.9. The van der Waals surface area contributed by atoms with Gasteiger partial charge in [-0.15, -0.1) is 0 Å². The molecule has 148 valence electrons. The molecule has 3 rings (SSSR count). The quantitative estimate of drug-likeness (QED) is 0.397. The first-order chi connectivity index (χ1) is 14.0. The minimum absolute atomic E-state index is 0.0763. The molecule has 0 bridgehead atoms. The number of nitrogens with zero attached hydrogens (tertiary/aromatic N) is 1. The van der Waals surface area contributed by atoms with Gasteiger partial charge in [0, 0.05) is 16.3 Å². The van der Waals surface area contributed by atoms with Crippen LogP contribution in [0.15, 0.2) is 97.6 Å². The Hall–Kier alpha value is -2.90. The summed E-state index contributed by atoms with van der Waals surface area (Å²) in [7, 11) is -3.09. The number of carbonyl (C=O) groups excluding carboxylic acids is 1. The minimum atomic E-state index is -3.09. The van der Waals surface area contributed by atoms with Crippen LogP contribution in [0.3, 0.4) is 0 Å². The van der Waals surface area contributed by atoms with E-state index < -0.39 is 7.14 Å². The van der Waals surface area contributed by atoms with Gasteiger partial charge >= 0.3 is 0 Å². The van der Waals surface area contributed by atoms with E-state index in [2.05, 4.69) is 20.4 Å². The Balaban J connectivity index is 2.08. The van der Waals surface area contributed by atoms with Gasteiger partial charge in [-0.2, -0.15) is 0 Å². The maximum Gasteiger partial charge on any atom is 0.250 e. The van der Waals surface area contributed by atoms with Gasteiger partial charge in [0.25, 0.3) is 5.91 Å². The van der Waals surface area contributed by atoms with Crippen molar-refractivity contribution in [3.63, 3.8) is 0 Å². The number of hydrogen-bond donors (Lipinski definition) is 0. The first kappa shape index (κ1) is 20.8. The molecule has 0 aromatic heterocycles. The fourth-order valence-corrected chi connectivity index (χ4v) is 5.91. The van der Waals surface area contributed by atoms with Crippen LogP contribution in [0, 0.1) is 0 Å². The third kappa shape index (κ3) is 4.58. The normalized spacial score (nSPS) is 11.3. The van der Waals surface area contributed by atoms with E-state index in [1.54, 1.807) is 4.90 Å². The Morgan fingerprint density at radius 1 is 0.897 bits per heavy atom. The van der Waals surface area contributed by atoms with Crippen LogP contribution in [0.5, 0.6) is 0 Å². The summed E-state index contributed by atoms with van der Waals surface area (Å²) < 4.78 is 14.4. The van der Waals surface area contributed by atoms with Gasteiger partial charge < -0.3 is 9.46 Å². The number of anilines is 1. The van der Waals surface area contributed by atoms with Gasteiger partial charge in [-0.05, 0) is 29.7 Å². The van der Waals surface area contributed by atoms with Gasteiger partial charge in [0.15, 0.2) is 7.14 Å². The highest BCUT2D eigenvalue weighted by molar-refractivity contribution is 7.78. The number of amides is 1. The van der Waals surface area contributed by atoms with Crippen molar-refractivity contribution in [3.05, 3.63) is 103 Å². The highest BCUT2D eigenvalue weighted by Crippen LogP contribution is 2.45. The lowest BCUT2D eigenvalue weighted by Crippen LogP contribution is -2.34. The topological polar surface area (TPSA) is 37.4 Å². The Morgan fingerprint density at radius 3 is 1.79 bits per heavy atom. The standard InChI is InChI=1S/C25H26NO2P/c1-4-25(27)26(22-17-15-21(16-18-22)20(2)3)19-29(28,23-11-7-5-8-12-23)24-13-9-6-10-14-24/h4-18,20H,1,19H2,2-3H3. The minimum Gasteiger partial charge on any atom is -0.312 e. The zero-order valence-electron chi connectivity index (χ0n) is 16.9. The molecule has 0 aliphatic rings. The Labute approximate surface area is 173 Å². The lowest BCUT2D eigenvalue weighted by Gasteiger charge is -2.28. The number of carbonyl (C=O) groups is 1. The van der Waals surface area contributed by atoms with Crippen LogP contribution in [0.2, 0.25) is 0 Å². The summed E-state index contributed by atoms with van der Waals surface area (Å²) in [5.74, 6) is 0.127. The molecule has 0 saturated carbocycles. The highest BCUT2D eigenvalue weighted by Gasteiger charge is 2.31. The third-order valence-corrected chi connectivity index (χ3v) is 7.94. The fourth-order valence-electron chi connectivity index (χ4n) is 3.28. The first-order valence-corrected chi connectivity index (χ1v) is 11.6. The molecule has 0 N–H and O–H groups in total. The lowest BCUT2D eigenvalue weighted by molar-refractivity contribution is -0.114. The second-order valence-corrected chi connectivity index (χ2v) is 10.1. The molecule has 0 unspecified atom stereocenters. The molecule has 0 radical (unpaired) electrons. The van der Waals surface area contributed by atoms with Crippen molar-refractivity contribution in [2.45, 2.75) is 19.8 Å². The Morgan fingerprint density at radius 2 is 1.38 bits per heavy atom. The van der Waals surface area contributed by atoms with Crippen LogP contribution in [-0.2, 0) is 9.36 Å². The number of rotatable bonds is 7. The molecule has 0 saturated heterocycles. The molecular weight excluding hydrogens is 377 g/mol. The summed E-state index contributed by atoms with van der Waals surface area (Å²) in [5.41, 5.74) is 1.90. The molecule has 3 aromatic carbocycles. The van der Waals surface area contributed by atoms with E-state index >= 15 is 0 Å². The van der Waals surface area contributed by atoms with Crippen molar-refractivity contribution in [1.29, 1.82) is 0 Å². The monoisotopic (exact) mass is 403 g/mol. The molecule has 3 nitrogen and oxygen atoms in total. The molecule has 29 heavy (non-hydrogen) atoms. The Bertz CT molecular complexity index is 968. The molecule has 0 heterocycles. The van der Waals surface area contributed by atoms with Crippen molar-refractivity contribution in [1.82, 2.24) is 0 Å². The Kier molecular flexibility index (Phi) is 6.51. The second-order valence-electron chi connectivity index (χ2n) is 7.27. The van der Waals surface area contributed by atoms with E-state index in [0.717, 1.165) is 10.6 Å². The van der Waals surface area contributed by atoms with E-state index in [0.29, 0.717) is 11.6 Å². The van der Waals surface area contributed by atoms with Crippen molar-refractivity contribution < 1.29 is 9.36 Å². The number of hydrogen-bond acceptors (Lipinski definition) is 2. The van der Waals surface area contributed by atoms with Gasteiger partial charge in [0.1, 0.15) is 0 Å². The highest BCUT2D eigenvalue weighted by atomic mass is 31.2. The molecule has 1 amide bonds. The summed E-state index contributed by atoms with van der Waals surface area (Å²) >= 11 is 0. The van der Waals surface area contributed by atoms with E-state index in [1.807, 2.05) is 84.9 Å². The summed E-state index contributed by atoms with van der Waals surface area (Å²) in [6, 6.07) is 26.6. The van der Waals surface area contributed by atoms with Crippen LogP contribution >= 0.6 is 7.14 Å². The average molecular weight is 403 g/mol. The van der Waals surface area contributed by atoms with Crippen molar-refractivity contribution >= 4 is 29.3 Å². The number of benzene rings is 3. The largest absolute Gasteiger partial charge is 0.312 e. The maximum atomic E-state index is 14.4. The first-order valence-electron chi connectivity index (χ1n) is 9.70. The summed E-state index contributed by atoms with van der Waals surface area (Å²) in [4.78, 5) is 14.3. The van der Waals surface area contributed by atoms with Crippen molar-refractivity contribution in [2.24, 2.45) is 0 Å². The van der Waals surface area contributed by atoms with Crippen LogP contribution < -0.4 is 15.5 Å². The maximum absolute atomic E-state index is 14.4. The molecule has 4 heteroatoms. The van der Waals surface area contributed by atoms with Crippen LogP contribution in [0.4, 0.5) is 5.69 Å². The van der Waals surface area contributed by atoms with Crippen LogP contribution in [0.1, 0.15) is 25.3 Å². The van der Waals surface area contributed by atoms with Gasteiger partial charge in [-0.3, -0.25) is 4.79 Å². The predicted molar refractivity (Wildman–Crippen MR) is 123 cm³/mol. The van der Waals surface area contributed by atoms with Crippen molar-refractivity contribution in [3.8, 4) is 0 Å². The smallest absolute Gasteiger partial charge is 0.250 e. The van der Waals surface area contributed by atoms with Gasteiger partial charge in [-0.1, -0.05) is 93.2 Å². The molecule has 0 fully saturated rings. The fraction of sp³-hybridized carbons (Fsp3) is 0.160. The second kappa shape index (κ2) is 9.07. The molecule has 0 spiro atoms. The predicted octanol–water partition coefficient (Wildman–Crippen LogP) is 5.30. The lowest BCUT2D eigenvalue weighted by atomic mass is 10.0. The zero-order valence-corrected chi connectivity index (χ0v) is 17.8. The average Bonchev–Trinajstić information content (AvgIpc) is 2.78. The van der Waals surface area contributed by atoms with Gasteiger partial charge in [-0.25, -0.2) is 0 Å². The molecular formula is C25H26NO2P. The molecule has 3 aromatic rings. The van der Waals surface area contributed by atoms with Gasteiger partial charge in [0.05, 0.1) is 6.29 Å².